The molecule has 0 spiro atoms. The molecule has 1 aliphatic carbocycles. The van der Waals surface area contributed by atoms with Gasteiger partial charge in [-0.15, -0.1) is 5.10 Å². The lowest BCUT2D eigenvalue weighted by molar-refractivity contribution is 0.473. The fourth-order valence-electron chi connectivity index (χ4n) is 2.81. The quantitative estimate of drug-likeness (QED) is 0.935. The Morgan fingerprint density at radius 2 is 2.21 bits per heavy atom. The number of nitrogens with zero attached hydrogens (tertiary/aromatic N) is 3. The van der Waals surface area contributed by atoms with Crippen LogP contribution >= 0.6 is 11.8 Å². The number of rotatable bonds is 3. The second-order valence-corrected chi connectivity index (χ2v) is 6.28. The van der Waals surface area contributed by atoms with Gasteiger partial charge in [0, 0.05) is 17.5 Å². The van der Waals surface area contributed by atoms with Gasteiger partial charge in [-0.2, -0.15) is 16.7 Å². The first kappa shape index (κ1) is 12.8. The molecule has 0 bridgehead atoms. The number of hydrogen-bond donors (Lipinski definition) is 1. The van der Waals surface area contributed by atoms with Gasteiger partial charge in [-0.25, -0.2) is 4.52 Å². The third kappa shape index (κ3) is 2.56. The Kier molecular flexibility index (Phi) is 3.64. The number of fused-ring (bicyclic) bond motifs is 1. The highest BCUT2D eigenvalue weighted by atomic mass is 32.2. The summed E-state index contributed by atoms with van der Waals surface area (Å²) in [5.41, 5.74) is 2.11. The number of thioether (sulfide) groups is 1. The summed E-state index contributed by atoms with van der Waals surface area (Å²) < 4.78 is 1.86. The molecule has 0 aromatic carbocycles. The third-order valence-corrected chi connectivity index (χ3v) is 5.05. The lowest BCUT2D eigenvalue weighted by Gasteiger charge is -2.30. The molecule has 0 aliphatic heterocycles. The maximum atomic E-state index is 4.61. The Morgan fingerprint density at radius 3 is 3.00 bits per heavy atom. The van der Waals surface area contributed by atoms with E-state index in [1.807, 2.05) is 28.5 Å². The van der Waals surface area contributed by atoms with Crippen molar-refractivity contribution in [3.63, 3.8) is 0 Å². The summed E-state index contributed by atoms with van der Waals surface area (Å²) in [4.78, 5) is 4.61. The molecule has 2 aromatic rings. The van der Waals surface area contributed by atoms with Gasteiger partial charge in [-0.3, -0.25) is 0 Å². The highest BCUT2D eigenvalue weighted by molar-refractivity contribution is 7.99. The molecule has 1 N–H and O–H groups in total. The van der Waals surface area contributed by atoms with Crippen LogP contribution in [0.3, 0.4) is 0 Å². The van der Waals surface area contributed by atoms with Crippen LogP contribution in [-0.4, -0.2) is 32.1 Å². The number of hydrogen-bond acceptors (Lipinski definition) is 4. The third-order valence-electron chi connectivity index (χ3n) is 3.88. The Morgan fingerprint density at radius 1 is 1.37 bits per heavy atom. The van der Waals surface area contributed by atoms with Crippen LogP contribution in [0, 0.1) is 6.92 Å². The average molecular weight is 276 g/mol. The van der Waals surface area contributed by atoms with E-state index in [1.165, 1.54) is 25.7 Å². The number of aryl methyl sites for hydroxylation is 1. The van der Waals surface area contributed by atoms with Crippen LogP contribution in [0.1, 0.15) is 31.2 Å². The van der Waals surface area contributed by atoms with Crippen molar-refractivity contribution in [2.75, 3.05) is 11.6 Å². The van der Waals surface area contributed by atoms with Crippen LogP contribution in [0.25, 0.3) is 5.65 Å². The van der Waals surface area contributed by atoms with Gasteiger partial charge in [-0.1, -0.05) is 18.9 Å². The van der Waals surface area contributed by atoms with Crippen molar-refractivity contribution in [3.8, 4) is 0 Å². The number of aromatic nitrogens is 3. The van der Waals surface area contributed by atoms with Gasteiger partial charge in [0.15, 0.2) is 5.65 Å². The summed E-state index contributed by atoms with van der Waals surface area (Å²) in [6, 6.07) is 4.58. The van der Waals surface area contributed by atoms with Crippen LogP contribution in [-0.2, 0) is 0 Å². The number of anilines is 1. The minimum absolute atomic E-state index is 0.501. The molecule has 0 radical (unpaired) electrons. The van der Waals surface area contributed by atoms with Crippen molar-refractivity contribution in [2.45, 2.75) is 43.9 Å². The number of nitrogens with one attached hydrogen (secondary N) is 1. The van der Waals surface area contributed by atoms with Crippen molar-refractivity contribution in [1.29, 1.82) is 0 Å². The molecular formula is C14H20N4S. The van der Waals surface area contributed by atoms with Crippen molar-refractivity contribution >= 4 is 23.4 Å². The Hall–Kier alpha value is -1.23. The monoisotopic (exact) mass is 276 g/mol. The van der Waals surface area contributed by atoms with Gasteiger partial charge in [0.1, 0.15) is 0 Å². The van der Waals surface area contributed by atoms with Crippen molar-refractivity contribution in [2.24, 2.45) is 0 Å². The highest BCUT2D eigenvalue weighted by Crippen LogP contribution is 2.29. The zero-order chi connectivity index (χ0) is 13.2. The molecule has 5 heteroatoms. The maximum Gasteiger partial charge on any atom is 0.243 e. The zero-order valence-corrected chi connectivity index (χ0v) is 12.3. The van der Waals surface area contributed by atoms with E-state index < -0.39 is 0 Å². The lowest BCUT2D eigenvalue weighted by Crippen LogP contribution is -2.34. The van der Waals surface area contributed by atoms with Gasteiger partial charge in [0.2, 0.25) is 5.95 Å². The SMILES string of the molecule is CSC1CCCCC1Nc1nc2c(C)cccn2n1. The maximum absolute atomic E-state index is 4.61. The van der Waals surface area contributed by atoms with Gasteiger partial charge < -0.3 is 5.32 Å². The minimum atomic E-state index is 0.501. The summed E-state index contributed by atoms with van der Waals surface area (Å²) in [7, 11) is 0. The molecule has 1 aliphatic rings. The summed E-state index contributed by atoms with van der Waals surface area (Å²) in [6.45, 7) is 2.07. The lowest BCUT2D eigenvalue weighted by atomic mass is 9.95. The Bertz CT molecular complexity index is 566. The van der Waals surface area contributed by atoms with Gasteiger partial charge in [-0.05, 0) is 37.7 Å². The molecule has 2 atom stereocenters. The highest BCUT2D eigenvalue weighted by Gasteiger charge is 2.25. The van der Waals surface area contributed by atoms with Crippen LogP contribution < -0.4 is 5.32 Å². The van der Waals surface area contributed by atoms with E-state index in [4.69, 9.17) is 0 Å². The second-order valence-electron chi connectivity index (χ2n) is 5.20. The van der Waals surface area contributed by atoms with E-state index in [9.17, 15) is 0 Å². The van der Waals surface area contributed by atoms with Gasteiger partial charge in [0.05, 0.1) is 0 Å². The standard InChI is InChI=1S/C14H20N4S/c1-10-6-5-9-18-13(10)16-14(17-18)15-11-7-3-4-8-12(11)19-2/h5-6,9,11-12H,3-4,7-8H2,1-2H3,(H,15,17). The summed E-state index contributed by atoms with van der Waals surface area (Å²) in [5.74, 6) is 0.764. The van der Waals surface area contributed by atoms with Crippen LogP contribution in [0.15, 0.2) is 18.3 Å². The first-order valence-electron chi connectivity index (χ1n) is 6.89. The molecule has 2 heterocycles. The fourth-order valence-corrected chi connectivity index (χ4v) is 3.75. The van der Waals surface area contributed by atoms with Crippen LogP contribution in [0.2, 0.25) is 0 Å². The van der Waals surface area contributed by atoms with E-state index in [2.05, 4.69) is 34.6 Å². The summed E-state index contributed by atoms with van der Waals surface area (Å²) in [5, 5.41) is 8.74. The van der Waals surface area contributed by atoms with Crippen LogP contribution in [0.5, 0.6) is 0 Å². The van der Waals surface area contributed by atoms with Crippen molar-refractivity contribution in [1.82, 2.24) is 14.6 Å². The predicted molar refractivity (Wildman–Crippen MR) is 80.9 cm³/mol. The molecule has 2 aromatic heterocycles. The number of pyridine rings is 1. The van der Waals surface area contributed by atoms with Crippen LogP contribution in [0.4, 0.5) is 5.95 Å². The Labute approximate surface area is 118 Å². The molecule has 1 fully saturated rings. The van der Waals surface area contributed by atoms with E-state index in [0.29, 0.717) is 11.3 Å². The second kappa shape index (κ2) is 5.41. The molecule has 0 amide bonds. The Balaban J connectivity index is 1.82. The predicted octanol–water partition coefficient (Wildman–Crippen LogP) is 3.12. The fraction of sp³-hybridized carbons (Fsp3) is 0.571. The van der Waals surface area contributed by atoms with Gasteiger partial charge >= 0.3 is 0 Å². The molecule has 102 valence electrons. The molecular weight excluding hydrogens is 256 g/mol. The molecule has 3 rings (SSSR count). The largest absolute Gasteiger partial charge is 0.349 e. The zero-order valence-electron chi connectivity index (χ0n) is 11.5. The van der Waals surface area contributed by atoms with E-state index >= 15 is 0 Å². The van der Waals surface area contributed by atoms with E-state index in [-0.39, 0.29) is 0 Å². The van der Waals surface area contributed by atoms with E-state index in [0.717, 1.165) is 17.2 Å². The summed E-state index contributed by atoms with van der Waals surface area (Å²) in [6.07, 6.45) is 9.33. The molecule has 2 unspecified atom stereocenters. The smallest absolute Gasteiger partial charge is 0.243 e. The van der Waals surface area contributed by atoms with Crippen molar-refractivity contribution < 1.29 is 0 Å². The topological polar surface area (TPSA) is 42.2 Å². The molecule has 19 heavy (non-hydrogen) atoms. The first-order chi connectivity index (χ1) is 9.28. The molecule has 1 saturated carbocycles. The molecule has 0 saturated heterocycles. The average Bonchev–Trinajstić information content (AvgIpc) is 2.83. The summed E-state index contributed by atoms with van der Waals surface area (Å²) >= 11 is 1.96. The minimum Gasteiger partial charge on any atom is -0.349 e. The van der Waals surface area contributed by atoms with Gasteiger partial charge in [0.25, 0.3) is 0 Å². The molecule has 4 nitrogen and oxygen atoms in total. The first-order valence-corrected chi connectivity index (χ1v) is 8.18. The van der Waals surface area contributed by atoms with Crippen molar-refractivity contribution in [3.05, 3.63) is 23.9 Å². The normalized spacial score (nSPS) is 23.7. The van der Waals surface area contributed by atoms with E-state index in [1.54, 1.807) is 0 Å².